The van der Waals surface area contributed by atoms with Crippen molar-refractivity contribution in [2.24, 2.45) is 5.92 Å². The maximum Gasteiger partial charge on any atom is 0.326 e. The van der Waals surface area contributed by atoms with E-state index in [2.05, 4.69) is 31.2 Å². The van der Waals surface area contributed by atoms with Gasteiger partial charge >= 0.3 is 11.9 Å². The van der Waals surface area contributed by atoms with Crippen molar-refractivity contribution in [1.29, 1.82) is 0 Å². The molecule has 7 N–H and O–H groups in total. The first-order valence-electron chi connectivity index (χ1n) is 11.1. The second kappa shape index (κ2) is 12.7. The number of carboxylic acid groups (broad SMARTS) is 2. The van der Waals surface area contributed by atoms with E-state index in [-0.39, 0.29) is 24.7 Å². The molecule has 13 nitrogen and oxygen atoms in total. The van der Waals surface area contributed by atoms with E-state index in [4.69, 9.17) is 5.11 Å². The lowest BCUT2D eigenvalue weighted by Crippen LogP contribution is -2.58. The highest BCUT2D eigenvalue weighted by molar-refractivity contribution is 5.94. The Bertz CT molecular complexity index is 867. The Balaban J connectivity index is 2.09. The van der Waals surface area contributed by atoms with Gasteiger partial charge in [-0.1, -0.05) is 13.8 Å². The van der Waals surface area contributed by atoms with Crippen molar-refractivity contribution in [1.82, 2.24) is 31.2 Å². The number of aromatic nitrogens is 2. The number of imidazole rings is 1. The molecule has 4 atom stereocenters. The van der Waals surface area contributed by atoms with Crippen molar-refractivity contribution >= 4 is 29.7 Å². The molecular formula is C21H32N6O7. The van der Waals surface area contributed by atoms with Crippen molar-refractivity contribution in [2.45, 2.75) is 70.1 Å². The number of hydrogen-bond donors (Lipinski definition) is 7. The lowest BCUT2D eigenvalue weighted by atomic mass is 10.0. The smallest absolute Gasteiger partial charge is 0.326 e. The molecule has 1 aromatic heterocycles. The summed E-state index contributed by atoms with van der Waals surface area (Å²) in [5, 5.41) is 29.1. The Morgan fingerprint density at radius 1 is 1.09 bits per heavy atom. The summed E-state index contributed by atoms with van der Waals surface area (Å²) in [6.07, 6.45) is 3.51. The fourth-order valence-electron chi connectivity index (χ4n) is 3.58. The molecule has 0 saturated carbocycles. The third-order valence-corrected chi connectivity index (χ3v) is 5.50. The first-order valence-corrected chi connectivity index (χ1v) is 11.1. The van der Waals surface area contributed by atoms with Crippen LogP contribution in [0.1, 0.15) is 45.2 Å². The number of aliphatic carboxylic acids is 2. The molecule has 0 radical (unpaired) electrons. The van der Waals surface area contributed by atoms with Crippen LogP contribution in [0.2, 0.25) is 0 Å². The molecule has 1 fully saturated rings. The molecule has 0 bridgehead atoms. The average molecular weight is 481 g/mol. The summed E-state index contributed by atoms with van der Waals surface area (Å²) in [5.74, 6) is -4.63. The van der Waals surface area contributed by atoms with Crippen LogP contribution in [0.3, 0.4) is 0 Å². The van der Waals surface area contributed by atoms with Gasteiger partial charge in [-0.05, 0) is 31.7 Å². The standard InChI is InChI=1S/C21H32N6O7/c1-11(2)17(27-18(30)13-4-3-7-23-13)20(32)25-14(5-6-16(28)29)19(31)26-15(21(33)34)8-12-9-22-10-24-12/h9-11,13-15,17,23H,3-8H2,1-2H3,(H,22,24)(H,25,32)(H,26,31)(H,27,30)(H,28,29)(H,33,34). The summed E-state index contributed by atoms with van der Waals surface area (Å²) in [6.45, 7) is 4.16. The molecule has 2 heterocycles. The number of carboxylic acids is 2. The lowest BCUT2D eigenvalue weighted by Gasteiger charge is -2.26. The van der Waals surface area contributed by atoms with E-state index in [1.54, 1.807) is 13.8 Å². The minimum atomic E-state index is -1.33. The zero-order valence-corrected chi connectivity index (χ0v) is 19.2. The number of H-pyrrole nitrogens is 1. The van der Waals surface area contributed by atoms with Crippen LogP contribution < -0.4 is 21.3 Å². The molecule has 1 aliphatic rings. The second-order valence-electron chi connectivity index (χ2n) is 8.55. The fraction of sp³-hybridized carbons (Fsp3) is 0.619. The SMILES string of the molecule is CC(C)C(NC(=O)C1CCCN1)C(=O)NC(CCC(=O)O)C(=O)NC(Cc1cnc[nH]1)C(=O)O. The molecule has 188 valence electrons. The maximum absolute atomic E-state index is 13.0. The number of rotatable bonds is 13. The van der Waals surface area contributed by atoms with E-state index in [1.807, 2.05) is 0 Å². The highest BCUT2D eigenvalue weighted by atomic mass is 16.4. The van der Waals surface area contributed by atoms with Gasteiger partial charge in [-0.3, -0.25) is 19.2 Å². The zero-order valence-electron chi connectivity index (χ0n) is 19.2. The summed E-state index contributed by atoms with van der Waals surface area (Å²) in [6, 6.07) is -4.00. The highest BCUT2D eigenvalue weighted by Gasteiger charge is 2.33. The number of nitrogens with zero attached hydrogens (tertiary/aromatic N) is 1. The predicted molar refractivity (Wildman–Crippen MR) is 118 cm³/mol. The minimum absolute atomic E-state index is 0.0836. The van der Waals surface area contributed by atoms with Gasteiger partial charge in [-0.2, -0.15) is 0 Å². The van der Waals surface area contributed by atoms with Crippen molar-refractivity contribution in [2.75, 3.05) is 6.54 Å². The van der Waals surface area contributed by atoms with Gasteiger partial charge in [0.1, 0.15) is 18.1 Å². The summed E-state index contributed by atoms with van der Waals surface area (Å²) in [5.41, 5.74) is 0.474. The maximum atomic E-state index is 13.0. The van der Waals surface area contributed by atoms with Crippen LogP contribution in [0.15, 0.2) is 12.5 Å². The molecule has 34 heavy (non-hydrogen) atoms. The van der Waals surface area contributed by atoms with Crippen LogP contribution in [0.25, 0.3) is 0 Å². The van der Waals surface area contributed by atoms with Crippen LogP contribution in [0, 0.1) is 5.92 Å². The number of carbonyl (C=O) groups is 5. The number of aromatic amines is 1. The van der Waals surface area contributed by atoms with Gasteiger partial charge in [0, 0.05) is 24.7 Å². The van der Waals surface area contributed by atoms with E-state index in [0.717, 1.165) is 6.42 Å². The molecule has 1 saturated heterocycles. The first-order chi connectivity index (χ1) is 16.1. The van der Waals surface area contributed by atoms with E-state index < -0.39 is 54.3 Å². The van der Waals surface area contributed by atoms with Gasteiger partial charge in [-0.25, -0.2) is 9.78 Å². The lowest BCUT2D eigenvalue weighted by molar-refractivity contribution is -0.143. The van der Waals surface area contributed by atoms with E-state index >= 15 is 0 Å². The zero-order chi connectivity index (χ0) is 25.3. The average Bonchev–Trinajstić information content (AvgIpc) is 3.47. The fourth-order valence-corrected chi connectivity index (χ4v) is 3.58. The summed E-state index contributed by atoms with van der Waals surface area (Å²) >= 11 is 0. The molecule has 3 amide bonds. The van der Waals surface area contributed by atoms with Gasteiger partial charge in [0.15, 0.2) is 0 Å². The third-order valence-electron chi connectivity index (χ3n) is 5.50. The van der Waals surface area contributed by atoms with E-state index in [1.165, 1.54) is 12.5 Å². The number of hydrogen-bond acceptors (Lipinski definition) is 7. The Morgan fingerprint density at radius 2 is 1.79 bits per heavy atom. The van der Waals surface area contributed by atoms with Crippen LogP contribution in [-0.2, 0) is 30.4 Å². The molecule has 0 spiro atoms. The van der Waals surface area contributed by atoms with E-state index in [9.17, 15) is 29.1 Å². The molecule has 2 rings (SSSR count). The van der Waals surface area contributed by atoms with Crippen molar-refractivity contribution in [3.05, 3.63) is 18.2 Å². The molecular weight excluding hydrogens is 448 g/mol. The Labute approximate surface area is 196 Å². The van der Waals surface area contributed by atoms with Gasteiger partial charge < -0.3 is 36.5 Å². The summed E-state index contributed by atoms with van der Waals surface area (Å²) < 4.78 is 0. The van der Waals surface area contributed by atoms with Crippen LogP contribution in [0.4, 0.5) is 0 Å². The van der Waals surface area contributed by atoms with Gasteiger partial charge in [-0.15, -0.1) is 0 Å². The molecule has 4 unspecified atom stereocenters. The molecule has 1 aromatic rings. The molecule has 0 aromatic carbocycles. The number of nitrogens with one attached hydrogen (secondary N) is 5. The second-order valence-corrected chi connectivity index (χ2v) is 8.55. The van der Waals surface area contributed by atoms with Crippen LogP contribution in [-0.4, -0.2) is 80.6 Å². The van der Waals surface area contributed by atoms with Crippen molar-refractivity contribution in [3.63, 3.8) is 0 Å². The summed E-state index contributed by atoms with van der Waals surface area (Å²) in [4.78, 5) is 67.6. The largest absolute Gasteiger partial charge is 0.481 e. The van der Waals surface area contributed by atoms with Crippen molar-refractivity contribution < 1.29 is 34.2 Å². The Kier molecular flexibility index (Phi) is 9.98. The summed E-state index contributed by atoms with van der Waals surface area (Å²) in [7, 11) is 0. The Hall–Kier alpha value is -3.48. The number of carbonyl (C=O) groups excluding carboxylic acids is 3. The molecule has 0 aliphatic carbocycles. The topological polar surface area (TPSA) is 203 Å². The molecule has 13 heteroatoms. The van der Waals surface area contributed by atoms with Crippen LogP contribution in [0.5, 0.6) is 0 Å². The third kappa shape index (κ3) is 8.14. The van der Waals surface area contributed by atoms with Gasteiger partial charge in [0.2, 0.25) is 17.7 Å². The van der Waals surface area contributed by atoms with E-state index in [0.29, 0.717) is 18.7 Å². The van der Waals surface area contributed by atoms with Crippen LogP contribution >= 0.6 is 0 Å². The predicted octanol–water partition coefficient (Wildman–Crippen LogP) is -1.24. The normalized spacial score (nSPS) is 18.0. The van der Waals surface area contributed by atoms with Gasteiger partial charge in [0.05, 0.1) is 12.4 Å². The molecule has 1 aliphatic heterocycles. The minimum Gasteiger partial charge on any atom is -0.481 e. The quantitative estimate of drug-likeness (QED) is 0.180. The first kappa shape index (κ1) is 26.8. The monoisotopic (exact) mass is 480 g/mol. The number of amides is 3. The van der Waals surface area contributed by atoms with Crippen molar-refractivity contribution in [3.8, 4) is 0 Å². The van der Waals surface area contributed by atoms with Gasteiger partial charge in [0.25, 0.3) is 0 Å². The Morgan fingerprint density at radius 3 is 2.32 bits per heavy atom. The highest BCUT2D eigenvalue weighted by Crippen LogP contribution is 2.09.